The van der Waals surface area contributed by atoms with Crippen LogP contribution in [-0.2, 0) is 9.47 Å². The molecule has 0 atom stereocenters. The van der Waals surface area contributed by atoms with Gasteiger partial charge >= 0.3 is 0 Å². The fourth-order valence-electron chi connectivity index (χ4n) is 0.486. The lowest BCUT2D eigenvalue weighted by Gasteiger charge is -2.05. The third kappa shape index (κ3) is 6.93. The molecule has 64 valence electrons. The SMILES string of the molecule is C=C(OCC)OC/C=C\CO. The highest BCUT2D eigenvalue weighted by Crippen LogP contribution is 1.94. The third-order valence-electron chi connectivity index (χ3n) is 0.918. The van der Waals surface area contributed by atoms with Crippen LogP contribution in [0.15, 0.2) is 24.7 Å². The minimum Gasteiger partial charge on any atom is -0.466 e. The molecule has 0 rings (SSSR count). The van der Waals surface area contributed by atoms with E-state index in [2.05, 4.69) is 6.58 Å². The summed E-state index contributed by atoms with van der Waals surface area (Å²) < 4.78 is 9.88. The Morgan fingerprint density at radius 1 is 1.45 bits per heavy atom. The summed E-state index contributed by atoms with van der Waals surface area (Å²) in [5.41, 5.74) is 0. The summed E-state index contributed by atoms with van der Waals surface area (Å²) in [4.78, 5) is 0. The van der Waals surface area contributed by atoms with Crippen LogP contribution in [0.2, 0.25) is 0 Å². The molecule has 3 nitrogen and oxygen atoms in total. The van der Waals surface area contributed by atoms with E-state index >= 15 is 0 Å². The summed E-state index contributed by atoms with van der Waals surface area (Å²) in [6, 6.07) is 0. The molecule has 0 heterocycles. The first-order valence-corrected chi connectivity index (χ1v) is 3.51. The van der Waals surface area contributed by atoms with Gasteiger partial charge in [-0.15, -0.1) is 0 Å². The van der Waals surface area contributed by atoms with Crippen LogP contribution < -0.4 is 0 Å². The maximum Gasteiger partial charge on any atom is 0.271 e. The summed E-state index contributed by atoms with van der Waals surface area (Å²) in [7, 11) is 0. The van der Waals surface area contributed by atoms with E-state index in [4.69, 9.17) is 14.6 Å². The Hall–Kier alpha value is -0.960. The number of hydrogen-bond donors (Lipinski definition) is 1. The van der Waals surface area contributed by atoms with Crippen molar-refractivity contribution in [1.82, 2.24) is 0 Å². The largest absolute Gasteiger partial charge is 0.466 e. The summed E-state index contributed by atoms with van der Waals surface area (Å²) in [5, 5.41) is 8.34. The monoisotopic (exact) mass is 158 g/mol. The molecule has 0 bridgehead atoms. The van der Waals surface area contributed by atoms with E-state index in [1.807, 2.05) is 6.92 Å². The van der Waals surface area contributed by atoms with Gasteiger partial charge in [0.15, 0.2) is 0 Å². The lowest BCUT2D eigenvalue weighted by molar-refractivity contribution is 0.0551. The molecular formula is C8H14O3. The number of hydrogen-bond acceptors (Lipinski definition) is 3. The smallest absolute Gasteiger partial charge is 0.271 e. The van der Waals surface area contributed by atoms with Crippen LogP contribution in [-0.4, -0.2) is 24.9 Å². The molecule has 0 fully saturated rings. The van der Waals surface area contributed by atoms with Crippen molar-refractivity contribution in [1.29, 1.82) is 0 Å². The van der Waals surface area contributed by atoms with Crippen molar-refractivity contribution in [3.63, 3.8) is 0 Å². The van der Waals surface area contributed by atoms with Gasteiger partial charge in [-0.25, -0.2) is 0 Å². The summed E-state index contributed by atoms with van der Waals surface area (Å²) >= 11 is 0. The Kier molecular flexibility index (Phi) is 6.53. The van der Waals surface area contributed by atoms with Gasteiger partial charge in [-0.05, 0) is 19.6 Å². The summed E-state index contributed by atoms with van der Waals surface area (Å²) in [6.45, 7) is 6.34. The van der Waals surface area contributed by atoms with Crippen LogP contribution in [0.5, 0.6) is 0 Å². The molecule has 0 amide bonds. The van der Waals surface area contributed by atoms with Crippen molar-refractivity contribution in [2.75, 3.05) is 19.8 Å². The number of aliphatic hydroxyl groups excluding tert-OH is 1. The molecule has 0 aromatic carbocycles. The Bertz CT molecular complexity index is 129. The molecule has 0 saturated carbocycles. The molecule has 0 aliphatic rings. The van der Waals surface area contributed by atoms with E-state index in [9.17, 15) is 0 Å². The van der Waals surface area contributed by atoms with Gasteiger partial charge in [-0.1, -0.05) is 6.08 Å². The van der Waals surface area contributed by atoms with Crippen LogP contribution in [0.4, 0.5) is 0 Å². The molecule has 0 aromatic heterocycles. The molecule has 0 aromatic rings. The molecular weight excluding hydrogens is 144 g/mol. The average molecular weight is 158 g/mol. The molecule has 0 saturated heterocycles. The first kappa shape index (κ1) is 10.0. The van der Waals surface area contributed by atoms with Gasteiger partial charge < -0.3 is 14.6 Å². The standard InChI is InChI=1S/C8H14O3/c1-3-10-8(2)11-7-5-4-6-9/h4-5,9H,2-3,6-7H2,1H3/b5-4-. The zero-order valence-electron chi connectivity index (χ0n) is 6.75. The third-order valence-corrected chi connectivity index (χ3v) is 0.918. The highest BCUT2D eigenvalue weighted by atomic mass is 16.7. The lowest BCUT2D eigenvalue weighted by Crippen LogP contribution is -1.96. The van der Waals surface area contributed by atoms with E-state index in [0.717, 1.165) is 0 Å². The summed E-state index contributed by atoms with van der Waals surface area (Å²) in [5.74, 6) is 0.315. The molecule has 11 heavy (non-hydrogen) atoms. The van der Waals surface area contributed by atoms with Crippen molar-refractivity contribution in [3.05, 3.63) is 24.7 Å². The van der Waals surface area contributed by atoms with Gasteiger partial charge in [0.25, 0.3) is 5.95 Å². The van der Waals surface area contributed by atoms with Crippen molar-refractivity contribution in [3.8, 4) is 0 Å². The predicted molar refractivity (Wildman–Crippen MR) is 42.9 cm³/mol. The average Bonchev–Trinajstić information content (AvgIpc) is 1.99. The maximum atomic E-state index is 8.34. The second kappa shape index (κ2) is 7.15. The highest BCUT2D eigenvalue weighted by Gasteiger charge is 1.88. The quantitative estimate of drug-likeness (QED) is 0.464. The molecule has 3 heteroatoms. The first-order valence-electron chi connectivity index (χ1n) is 3.51. The van der Waals surface area contributed by atoms with Crippen molar-refractivity contribution < 1.29 is 14.6 Å². The lowest BCUT2D eigenvalue weighted by atomic mass is 10.5. The van der Waals surface area contributed by atoms with Gasteiger partial charge in [0.05, 0.1) is 13.2 Å². The maximum absolute atomic E-state index is 8.34. The second-order valence-corrected chi connectivity index (χ2v) is 1.77. The van der Waals surface area contributed by atoms with E-state index in [-0.39, 0.29) is 6.61 Å². The van der Waals surface area contributed by atoms with Crippen LogP contribution in [0.3, 0.4) is 0 Å². The minimum absolute atomic E-state index is 0.0322. The topological polar surface area (TPSA) is 38.7 Å². The first-order chi connectivity index (χ1) is 5.31. The Labute approximate surface area is 66.9 Å². The van der Waals surface area contributed by atoms with Crippen LogP contribution >= 0.6 is 0 Å². The molecule has 0 unspecified atom stereocenters. The fraction of sp³-hybridized carbons (Fsp3) is 0.500. The molecule has 0 aliphatic heterocycles. The van der Waals surface area contributed by atoms with E-state index in [1.54, 1.807) is 12.2 Å². The van der Waals surface area contributed by atoms with E-state index in [1.165, 1.54) is 0 Å². The normalized spacial score (nSPS) is 10.0. The summed E-state index contributed by atoms with van der Waals surface area (Å²) in [6.07, 6.45) is 3.30. The number of rotatable bonds is 6. The van der Waals surface area contributed by atoms with Crippen LogP contribution in [0, 0.1) is 0 Å². The molecule has 0 aliphatic carbocycles. The predicted octanol–water partition coefficient (Wildman–Crippen LogP) is 1.06. The Balaban J connectivity index is 3.24. The Morgan fingerprint density at radius 3 is 2.73 bits per heavy atom. The fourth-order valence-corrected chi connectivity index (χ4v) is 0.486. The Morgan fingerprint density at radius 2 is 2.18 bits per heavy atom. The molecule has 1 N–H and O–H groups in total. The van der Waals surface area contributed by atoms with Crippen LogP contribution in [0.25, 0.3) is 0 Å². The number of ether oxygens (including phenoxy) is 2. The van der Waals surface area contributed by atoms with Crippen molar-refractivity contribution in [2.24, 2.45) is 0 Å². The van der Waals surface area contributed by atoms with Gasteiger partial charge in [0, 0.05) is 0 Å². The van der Waals surface area contributed by atoms with E-state index in [0.29, 0.717) is 19.2 Å². The zero-order chi connectivity index (χ0) is 8.53. The van der Waals surface area contributed by atoms with Crippen molar-refractivity contribution in [2.45, 2.75) is 6.92 Å². The van der Waals surface area contributed by atoms with Crippen molar-refractivity contribution >= 4 is 0 Å². The van der Waals surface area contributed by atoms with E-state index < -0.39 is 0 Å². The minimum atomic E-state index is 0.0322. The number of aliphatic hydroxyl groups is 1. The van der Waals surface area contributed by atoms with Gasteiger partial charge in [0.2, 0.25) is 0 Å². The van der Waals surface area contributed by atoms with Crippen LogP contribution in [0.1, 0.15) is 6.92 Å². The van der Waals surface area contributed by atoms with Gasteiger partial charge in [-0.3, -0.25) is 0 Å². The second-order valence-electron chi connectivity index (χ2n) is 1.77. The zero-order valence-corrected chi connectivity index (χ0v) is 6.75. The van der Waals surface area contributed by atoms with Gasteiger partial charge in [0.1, 0.15) is 6.61 Å². The molecule has 0 spiro atoms. The molecule has 0 radical (unpaired) electrons. The highest BCUT2D eigenvalue weighted by molar-refractivity contribution is 4.82. The van der Waals surface area contributed by atoms with Gasteiger partial charge in [-0.2, -0.15) is 0 Å².